The summed E-state index contributed by atoms with van der Waals surface area (Å²) < 4.78 is 19.8. The maximum Gasteiger partial charge on any atom is 0.265 e. The van der Waals surface area contributed by atoms with E-state index in [1.54, 1.807) is 30.3 Å². The first kappa shape index (κ1) is 15.8. The van der Waals surface area contributed by atoms with Crippen molar-refractivity contribution in [3.63, 3.8) is 0 Å². The largest absolute Gasteiger partial charge is 0.494 e. The highest BCUT2D eigenvalue weighted by Crippen LogP contribution is 2.38. The molecule has 0 fully saturated rings. The minimum atomic E-state index is -0.345. The molecule has 6 heteroatoms. The normalized spacial score (nSPS) is 10.7. The van der Waals surface area contributed by atoms with Crippen LogP contribution >= 0.6 is 22.9 Å². The number of carbonyl (C=O) groups is 1. The standard InChI is InChI=1S/C17H13ClFNO2S/c1-22-15-12-7-6-11(18)8-14(12)23-16(15)17(21)20-9-10-4-2-3-5-13(10)19/h2-8H,9H2,1H3,(H,20,21). The molecule has 3 rings (SSSR count). The third-order valence-corrected chi connectivity index (χ3v) is 4.78. The Labute approximate surface area is 141 Å². The Bertz CT molecular complexity index is 878. The lowest BCUT2D eigenvalue weighted by molar-refractivity contribution is 0.0952. The van der Waals surface area contributed by atoms with Crippen LogP contribution in [0.2, 0.25) is 5.02 Å². The number of fused-ring (bicyclic) bond motifs is 1. The number of rotatable bonds is 4. The van der Waals surface area contributed by atoms with Crippen molar-refractivity contribution in [1.82, 2.24) is 5.32 Å². The molecule has 2 aromatic carbocycles. The van der Waals surface area contributed by atoms with E-state index in [1.807, 2.05) is 6.07 Å². The molecule has 0 saturated heterocycles. The van der Waals surface area contributed by atoms with Crippen molar-refractivity contribution in [1.29, 1.82) is 0 Å². The molecule has 0 saturated carbocycles. The van der Waals surface area contributed by atoms with E-state index >= 15 is 0 Å². The number of hydrogen-bond acceptors (Lipinski definition) is 3. The van der Waals surface area contributed by atoms with Crippen molar-refractivity contribution < 1.29 is 13.9 Å². The van der Waals surface area contributed by atoms with Gasteiger partial charge in [0.2, 0.25) is 0 Å². The van der Waals surface area contributed by atoms with Gasteiger partial charge in [-0.3, -0.25) is 4.79 Å². The molecular formula is C17H13ClFNO2S. The second-order valence-electron chi connectivity index (χ2n) is 4.88. The monoisotopic (exact) mass is 349 g/mol. The number of thiophene rings is 1. The van der Waals surface area contributed by atoms with E-state index in [1.165, 1.54) is 24.5 Å². The van der Waals surface area contributed by atoms with Crippen LogP contribution in [0.5, 0.6) is 5.75 Å². The molecule has 118 valence electrons. The van der Waals surface area contributed by atoms with Gasteiger partial charge in [-0.15, -0.1) is 11.3 Å². The third-order valence-electron chi connectivity index (χ3n) is 3.41. The van der Waals surface area contributed by atoms with Gasteiger partial charge in [-0.05, 0) is 24.3 Å². The fourth-order valence-corrected chi connectivity index (χ4v) is 3.66. The Morgan fingerprint density at radius 1 is 1.30 bits per heavy atom. The first-order valence-electron chi connectivity index (χ1n) is 6.88. The van der Waals surface area contributed by atoms with Crippen molar-refractivity contribution >= 4 is 38.9 Å². The van der Waals surface area contributed by atoms with Crippen LogP contribution in [0.1, 0.15) is 15.2 Å². The Kier molecular flexibility index (Phi) is 4.50. The second kappa shape index (κ2) is 6.56. The highest BCUT2D eigenvalue weighted by Gasteiger charge is 2.19. The van der Waals surface area contributed by atoms with Crippen LogP contribution in [-0.2, 0) is 6.54 Å². The molecule has 3 nitrogen and oxygen atoms in total. The zero-order valence-corrected chi connectivity index (χ0v) is 13.8. The molecule has 1 N–H and O–H groups in total. The van der Waals surface area contributed by atoms with Crippen LogP contribution < -0.4 is 10.1 Å². The molecule has 1 heterocycles. The van der Waals surface area contributed by atoms with Gasteiger partial charge in [-0.25, -0.2) is 4.39 Å². The SMILES string of the molecule is COc1c(C(=O)NCc2ccccc2F)sc2cc(Cl)ccc12. The summed E-state index contributed by atoms with van der Waals surface area (Å²) in [6.07, 6.45) is 0. The Balaban J connectivity index is 1.87. The minimum Gasteiger partial charge on any atom is -0.494 e. The summed E-state index contributed by atoms with van der Waals surface area (Å²) in [5.74, 6) is -0.141. The van der Waals surface area contributed by atoms with Crippen LogP contribution in [0.4, 0.5) is 4.39 Å². The third kappa shape index (κ3) is 3.16. The van der Waals surface area contributed by atoms with Gasteiger partial charge in [0.15, 0.2) is 0 Å². The first-order chi connectivity index (χ1) is 11.1. The lowest BCUT2D eigenvalue weighted by Gasteiger charge is -2.06. The van der Waals surface area contributed by atoms with Crippen LogP contribution in [0.15, 0.2) is 42.5 Å². The van der Waals surface area contributed by atoms with E-state index in [9.17, 15) is 9.18 Å². The van der Waals surface area contributed by atoms with Crippen molar-refractivity contribution in [2.24, 2.45) is 0 Å². The van der Waals surface area contributed by atoms with Gasteiger partial charge in [0, 0.05) is 27.2 Å². The number of hydrogen-bond donors (Lipinski definition) is 1. The molecule has 0 atom stereocenters. The Morgan fingerprint density at radius 3 is 2.83 bits per heavy atom. The smallest absolute Gasteiger partial charge is 0.265 e. The fourth-order valence-electron chi connectivity index (χ4n) is 2.30. The van der Waals surface area contributed by atoms with Gasteiger partial charge in [0.05, 0.1) is 7.11 Å². The molecule has 1 aromatic heterocycles. The van der Waals surface area contributed by atoms with Gasteiger partial charge in [0.1, 0.15) is 16.4 Å². The van der Waals surface area contributed by atoms with Crippen LogP contribution in [0, 0.1) is 5.82 Å². The molecule has 23 heavy (non-hydrogen) atoms. The van der Waals surface area contributed by atoms with E-state index in [-0.39, 0.29) is 18.3 Å². The molecule has 3 aromatic rings. The number of nitrogens with one attached hydrogen (secondary N) is 1. The molecule has 0 aliphatic rings. The van der Waals surface area contributed by atoms with Crippen LogP contribution in [-0.4, -0.2) is 13.0 Å². The molecule has 0 unspecified atom stereocenters. The van der Waals surface area contributed by atoms with Crippen LogP contribution in [0.3, 0.4) is 0 Å². The number of amides is 1. The Hall–Kier alpha value is -2.11. The summed E-state index contributed by atoms with van der Waals surface area (Å²) in [6.45, 7) is 0.115. The molecule has 0 aliphatic carbocycles. The zero-order chi connectivity index (χ0) is 16.4. The summed E-state index contributed by atoms with van der Waals surface area (Å²) in [5.41, 5.74) is 0.434. The number of halogens is 2. The quantitative estimate of drug-likeness (QED) is 0.745. The molecule has 0 spiro atoms. The number of benzene rings is 2. The van der Waals surface area contributed by atoms with Gasteiger partial charge in [0.25, 0.3) is 5.91 Å². The molecule has 0 radical (unpaired) electrons. The molecule has 0 aliphatic heterocycles. The van der Waals surface area contributed by atoms with E-state index in [2.05, 4.69) is 5.32 Å². The highest BCUT2D eigenvalue weighted by atomic mass is 35.5. The average Bonchev–Trinajstić information content (AvgIpc) is 2.91. The molecule has 0 bridgehead atoms. The highest BCUT2D eigenvalue weighted by molar-refractivity contribution is 7.21. The summed E-state index contributed by atoms with van der Waals surface area (Å²) >= 11 is 7.28. The lowest BCUT2D eigenvalue weighted by atomic mass is 10.2. The topological polar surface area (TPSA) is 38.3 Å². The second-order valence-corrected chi connectivity index (χ2v) is 6.37. The minimum absolute atomic E-state index is 0.115. The predicted octanol–water partition coefficient (Wildman–Crippen LogP) is 4.63. The van der Waals surface area contributed by atoms with Gasteiger partial charge >= 0.3 is 0 Å². The summed E-state index contributed by atoms with van der Waals surface area (Å²) in [7, 11) is 1.52. The Morgan fingerprint density at radius 2 is 2.09 bits per heavy atom. The van der Waals surface area contributed by atoms with Crippen molar-refractivity contribution in [3.05, 3.63) is 63.7 Å². The van der Waals surface area contributed by atoms with Crippen molar-refractivity contribution in [3.8, 4) is 5.75 Å². The number of ether oxygens (including phenoxy) is 1. The number of carbonyl (C=O) groups excluding carboxylic acids is 1. The van der Waals surface area contributed by atoms with Crippen LogP contribution in [0.25, 0.3) is 10.1 Å². The van der Waals surface area contributed by atoms with Crippen molar-refractivity contribution in [2.75, 3.05) is 7.11 Å². The van der Waals surface area contributed by atoms with E-state index in [4.69, 9.17) is 16.3 Å². The van der Waals surface area contributed by atoms with Crippen molar-refractivity contribution in [2.45, 2.75) is 6.54 Å². The summed E-state index contributed by atoms with van der Waals surface area (Å²) in [6, 6.07) is 11.7. The lowest BCUT2D eigenvalue weighted by Crippen LogP contribution is -2.22. The number of methoxy groups -OCH3 is 1. The summed E-state index contributed by atoms with van der Waals surface area (Å²) in [5, 5.41) is 4.15. The average molecular weight is 350 g/mol. The van der Waals surface area contributed by atoms with Gasteiger partial charge in [-0.1, -0.05) is 29.8 Å². The van der Waals surface area contributed by atoms with E-state index < -0.39 is 0 Å². The maximum atomic E-state index is 13.6. The zero-order valence-electron chi connectivity index (χ0n) is 12.2. The molecular weight excluding hydrogens is 337 g/mol. The maximum absolute atomic E-state index is 13.6. The van der Waals surface area contributed by atoms with E-state index in [0.717, 1.165) is 10.1 Å². The van der Waals surface area contributed by atoms with Gasteiger partial charge < -0.3 is 10.1 Å². The predicted molar refractivity (Wildman–Crippen MR) is 91.0 cm³/mol. The van der Waals surface area contributed by atoms with E-state index in [0.29, 0.717) is 21.2 Å². The summed E-state index contributed by atoms with van der Waals surface area (Å²) in [4.78, 5) is 12.9. The fraction of sp³-hybridized carbons (Fsp3) is 0.118. The first-order valence-corrected chi connectivity index (χ1v) is 8.07. The van der Waals surface area contributed by atoms with Gasteiger partial charge in [-0.2, -0.15) is 0 Å². The molecule has 1 amide bonds.